The Kier molecular flexibility index (Phi) is 34.6. The minimum absolute atomic E-state index is 0. The molecule has 0 spiro atoms. The van der Waals surface area contributed by atoms with Crippen LogP contribution in [0.3, 0.4) is 0 Å². The molecule has 0 radical (unpaired) electrons. The zero-order valence-electron chi connectivity index (χ0n) is 58.9. The van der Waals surface area contributed by atoms with E-state index in [1.807, 2.05) is 36.4 Å². The molecule has 8 heteroatoms. The number of fused-ring (bicyclic) bond motifs is 6. The molecule has 0 nitrogen and oxygen atoms in total. The minimum atomic E-state index is -1.27. The Balaban J connectivity index is 0.000000222. The van der Waals surface area contributed by atoms with Crippen molar-refractivity contribution in [2.45, 2.75) is 181 Å². The fraction of sp³-hybridized carbons (Fsp3) is 0.326. The van der Waals surface area contributed by atoms with Gasteiger partial charge in [-0.2, -0.15) is 71.8 Å². The molecule has 0 heterocycles. The molecule has 4 aliphatic carbocycles. The fourth-order valence-corrected chi connectivity index (χ4v) is 31.2. The minimum Gasteiger partial charge on any atom is -1.00 e. The Hall–Kier alpha value is -4.35. The van der Waals surface area contributed by atoms with Gasteiger partial charge in [-0.3, -0.25) is 12.2 Å². The summed E-state index contributed by atoms with van der Waals surface area (Å²) in [5.74, 6) is 0. The first kappa shape index (κ1) is 80.3. The van der Waals surface area contributed by atoms with E-state index in [4.69, 9.17) is 0 Å². The SMILES string of the molecule is CC[Si](CC)(CC)c1ccc([C](=[Hf+2])c2ccc([Si](CC)(CC)CC)cc2)cc1.CC[Si](CC)(CC)c1ccc([C](=[Hf+2])c2ccc([Si](CC)(CC)CC)cc2)cc1.[C-]1=CC=CC1.[C-]1=CC=CC1.[Cl-].[Cl-].[c-]1cccc2c1Cc1ccccc1-2.[c-]1cccc2c1Cc1ccccc1-2. The molecule has 4 aliphatic rings. The standard InChI is InChI=1S/2C25H38Si2.2C13H9.2C5H5.2ClH.2Hf/c2*1-7-26(8-2,9-3)24-17-13-22(14-18-24)21-23-15-19-25(20-16-23)27(10-4,11-5)12-6;2*1-3-7-12-10(5-1)9-11-6-2-4-8-13(11)12;2*1-2-4-5-3-1;;;;/h2*13-20H,7-12H2,1-6H3;2*1-5,7-8H,9H2;2*1-3H,4H2;2*1H;;/q;;4*-1;;;2*+2/p-2. The van der Waals surface area contributed by atoms with Gasteiger partial charge >= 0.3 is 382 Å². The summed E-state index contributed by atoms with van der Waals surface area (Å²) >= 11 is 2.17. The number of halogens is 2. The van der Waals surface area contributed by atoms with Crippen molar-refractivity contribution in [3.05, 3.63) is 287 Å². The molecule has 0 saturated carbocycles. The molecular weight excluding hydrogens is 1570 g/mol. The fourth-order valence-electron chi connectivity index (χ4n) is 14.4. The third kappa shape index (κ3) is 19.9. The molecule has 0 N–H and O–H groups in total. The third-order valence-electron chi connectivity index (χ3n) is 21.7. The maximum Gasteiger partial charge on any atom is -0.0253 e. The van der Waals surface area contributed by atoms with Crippen molar-refractivity contribution in [2.75, 3.05) is 0 Å². The van der Waals surface area contributed by atoms with Crippen LogP contribution in [-0.2, 0) is 60.6 Å². The normalized spacial score (nSPS) is 12.6. The molecule has 0 amide bonds. The van der Waals surface area contributed by atoms with Crippen molar-refractivity contribution in [2.24, 2.45) is 0 Å². The largest absolute Gasteiger partial charge is 1.00 e. The van der Waals surface area contributed by atoms with Gasteiger partial charge < -0.3 is 24.8 Å². The molecule has 0 fully saturated rings. The molecule has 0 bridgehead atoms. The van der Waals surface area contributed by atoms with Crippen molar-refractivity contribution < 1.29 is 72.6 Å². The molecule has 0 aromatic heterocycles. The Morgan fingerprint density at radius 2 is 0.564 bits per heavy atom. The Morgan fingerprint density at radius 3 is 0.777 bits per heavy atom. The Morgan fingerprint density at radius 1 is 0.319 bits per heavy atom. The molecule has 0 saturated heterocycles. The van der Waals surface area contributed by atoms with Crippen LogP contribution in [-0.4, -0.2) is 38.8 Å². The summed E-state index contributed by atoms with van der Waals surface area (Å²) in [7, 11) is -5.06. The number of benzene rings is 8. The van der Waals surface area contributed by atoms with E-state index in [-0.39, 0.29) is 24.8 Å². The third-order valence-corrected chi connectivity index (χ3v) is 48.3. The first-order valence-electron chi connectivity index (χ1n) is 35.0. The quantitative estimate of drug-likeness (QED) is 0.0527. The number of hydrogen-bond acceptors (Lipinski definition) is 0. The van der Waals surface area contributed by atoms with Crippen LogP contribution in [0.4, 0.5) is 0 Å². The van der Waals surface area contributed by atoms with E-state index in [0.29, 0.717) is 0 Å². The number of allylic oxidation sites excluding steroid dienone is 8. The van der Waals surface area contributed by atoms with Gasteiger partial charge in [0.05, 0.1) is 0 Å². The van der Waals surface area contributed by atoms with Gasteiger partial charge in [-0.05, 0) is 12.8 Å². The van der Waals surface area contributed by atoms with Crippen LogP contribution in [0.15, 0.2) is 218 Å². The van der Waals surface area contributed by atoms with E-state index in [2.05, 4.69) is 289 Å². The van der Waals surface area contributed by atoms with E-state index in [9.17, 15) is 0 Å². The van der Waals surface area contributed by atoms with E-state index in [0.717, 1.165) is 73.5 Å². The first-order chi connectivity index (χ1) is 44.8. The number of rotatable bonds is 20. The van der Waals surface area contributed by atoms with Gasteiger partial charge in [0.1, 0.15) is 0 Å². The average Bonchev–Trinajstić information content (AvgIpc) is 1.34. The zero-order valence-corrected chi connectivity index (χ0v) is 71.6. The molecule has 0 atom stereocenters. The summed E-state index contributed by atoms with van der Waals surface area (Å²) < 4.78 is 3.07. The van der Waals surface area contributed by atoms with Crippen molar-refractivity contribution in [1.29, 1.82) is 0 Å². The maximum absolute atomic E-state index is 3.30. The van der Waals surface area contributed by atoms with Crippen molar-refractivity contribution >= 4 is 59.6 Å². The summed E-state index contributed by atoms with van der Waals surface area (Å²) in [6, 6.07) is 91.3. The average molecular weight is 1680 g/mol. The van der Waals surface area contributed by atoms with Gasteiger partial charge in [0.2, 0.25) is 0 Å². The summed E-state index contributed by atoms with van der Waals surface area (Å²) in [6.45, 7) is 28.7. The van der Waals surface area contributed by atoms with E-state index in [1.54, 1.807) is 20.7 Å². The van der Waals surface area contributed by atoms with Crippen molar-refractivity contribution in [1.82, 2.24) is 0 Å². The molecule has 0 unspecified atom stereocenters. The Labute approximate surface area is 616 Å². The summed E-state index contributed by atoms with van der Waals surface area (Å²) in [5, 5.41) is 6.60. The van der Waals surface area contributed by atoms with Crippen LogP contribution in [0.1, 0.15) is 140 Å². The van der Waals surface area contributed by atoms with Crippen LogP contribution in [0, 0.1) is 24.3 Å². The van der Waals surface area contributed by atoms with Gasteiger partial charge in [0.25, 0.3) is 0 Å². The smallest absolute Gasteiger partial charge is 0.0253 e. The topological polar surface area (TPSA) is 0 Å². The van der Waals surface area contributed by atoms with Crippen LogP contribution in [0.25, 0.3) is 22.3 Å². The predicted molar refractivity (Wildman–Crippen MR) is 410 cm³/mol. The van der Waals surface area contributed by atoms with E-state index >= 15 is 0 Å². The monoisotopic (exact) mass is 1680 g/mol. The molecular formula is C86H104Cl2Hf2Si4-2. The van der Waals surface area contributed by atoms with Gasteiger partial charge in [0.15, 0.2) is 0 Å². The van der Waals surface area contributed by atoms with Gasteiger partial charge in [-0.25, -0.2) is 24.3 Å². The Bertz CT molecular complexity index is 3200. The molecule has 488 valence electrons. The maximum atomic E-state index is 3.30. The van der Waals surface area contributed by atoms with Gasteiger partial charge in [-0.1, -0.05) is 70.8 Å². The van der Waals surface area contributed by atoms with Gasteiger partial charge in [-0.15, -0.1) is 24.0 Å². The molecule has 8 aromatic carbocycles. The van der Waals surface area contributed by atoms with Crippen LogP contribution in [0.5, 0.6) is 0 Å². The summed E-state index contributed by atoms with van der Waals surface area (Å²) in [6.07, 6.45) is 22.1. The summed E-state index contributed by atoms with van der Waals surface area (Å²) in [4.78, 5) is 0. The predicted octanol–water partition coefficient (Wildman–Crippen LogP) is 15.2. The molecule has 12 rings (SSSR count). The molecule has 0 aliphatic heterocycles. The molecule has 8 aromatic rings. The first-order valence-corrected chi connectivity index (χ1v) is 49.1. The van der Waals surface area contributed by atoms with Gasteiger partial charge in [0, 0.05) is 0 Å². The van der Waals surface area contributed by atoms with Crippen LogP contribution in [0.2, 0.25) is 72.5 Å². The second-order valence-electron chi connectivity index (χ2n) is 25.2. The second-order valence-corrected chi connectivity index (χ2v) is 49.9. The number of hydrogen-bond donors (Lipinski definition) is 0. The van der Waals surface area contributed by atoms with Crippen LogP contribution >= 0.6 is 0 Å². The van der Waals surface area contributed by atoms with Crippen molar-refractivity contribution in [3.63, 3.8) is 0 Å². The van der Waals surface area contributed by atoms with E-state index < -0.39 is 32.3 Å². The summed E-state index contributed by atoms with van der Waals surface area (Å²) in [5.41, 5.74) is 16.7. The van der Waals surface area contributed by atoms with Crippen LogP contribution < -0.4 is 45.6 Å². The second kappa shape index (κ2) is 40.5. The van der Waals surface area contributed by atoms with E-state index in [1.165, 1.54) is 146 Å². The van der Waals surface area contributed by atoms with Crippen molar-refractivity contribution in [3.8, 4) is 22.3 Å². The molecule has 94 heavy (non-hydrogen) atoms. The zero-order chi connectivity index (χ0) is 66.0.